The van der Waals surface area contributed by atoms with Gasteiger partial charge < -0.3 is 4.74 Å². The molecule has 3 aromatic rings. The maximum Gasteiger partial charge on any atom is 0.348 e. The molecule has 0 aliphatic carbocycles. The maximum atomic E-state index is 12.8. The molecule has 0 aromatic carbocycles. The van der Waals surface area contributed by atoms with Gasteiger partial charge in [0.2, 0.25) is 11.0 Å². The van der Waals surface area contributed by atoms with E-state index in [2.05, 4.69) is 20.5 Å². The van der Waals surface area contributed by atoms with Crippen LogP contribution in [0.2, 0.25) is 0 Å². The van der Waals surface area contributed by atoms with E-state index < -0.39 is 11.9 Å². The molecule has 11 heteroatoms. The average Bonchev–Trinajstić information content (AvgIpc) is 3.13. The highest BCUT2D eigenvalue weighted by Gasteiger charge is 2.21. The molecule has 0 spiro atoms. The summed E-state index contributed by atoms with van der Waals surface area (Å²) < 4.78 is 6.41. The van der Waals surface area contributed by atoms with E-state index in [1.165, 1.54) is 22.2 Å². The Balaban J connectivity index is 1.88. The van der Waals surface area contributed by atoms with Gasteiger partial charge in [-0.3, -0.25) is 19.5 Å². The Labute approximate surface area is 162 Å². The molecule has 3 aromatic heterocycles. The minimum Gasteiger partial charge on any atom is -0.459 e. The van der Waals surface area contributed by atoms with Gasteiger partial charge >= 0.3 is 5.97 Å². The summed E-state index contributed by atoms with van der Waals surface area (Å²) in [5.41, 5.74) is 0.119. The molecule has 0 saturated heterocycles. The second kappa shape index (κ2) is 7.53. The normalized spacial score (nSPS) is 11.1. The van der Waals surface area contributed by atoms with E-state index in [9.17, 15) is 14.4 Å². The molecule has 0 saturated carbocycles. The van der Waals surface area contributed by atoms with Crippen LogP contribution in [-0.4, -0.2) is 37.7 Å². The lowest BCUT2D eigenvalue weighted by Gasteiger charge is -2.06. The molecule has 0 atom stereocenters. The lowest BCUT2D eigenvalue weighted by molar-refractivity contribution is -0.116. The predicted molar refractivity (Wildman–Crippen MR) is 102 cm³/mol. The van der Waals surface area contributed by atoms with Crippen molar-refractivity contribution < 1.29 is 14.3 Å². The van der Waals surface area contributed by atoms with E-state index in [-0.39, 0.29) is 18.2 Å². The number of nitrogens with one attached hydrogen (secondary N) is 1. The van der Waals surface area contributed by atoms with Gasteiger partial charge in [-0.25, -0.2) is 9.78 Å². The van der Waals surface area contributed by atoms with E-state index >= 15 is 0 Å². The zero-order chi connectivity index (χ0) is 19.7. The van der Waals surface area contributed by atoms with Crippen molar-refractivity contribution in [1.29, 1.82) is 0 Å². The van der Waals surface area contributed by atoms with Crippen molar-refractivity contribution in [3.63, 3.8) is 0 Å². The van der Waals surface area contributed by atoms with E-state index in [1.54, 1.807) is 27.7 Å². The van der Waals surface area contributed by atoms with Gasteiger partial charge in [0, 0.05) is 0 Å². The highest BCUT2D eigenvalue weighted by molar-refractivity contribution is 7.20. The molecule has 1 amide bonds. The van der Waals surface area contributed by atoms with Crippen molar-refractivity contribution >= 4 is 49.9 Å². The highest BCUT2D eigenvalue weighted by atomic mass is 32.1. The number of thiophene rings is 1. The van der Waals surface area contributed by atoms with Gasteiger partial charge in [0.05, 0.1) is 17.8 Å². The molecule has 0 aliphatic rings. The van der Waals surface area contributed by atoms with Crippen LogP contribution in [0.1, 0.15) is 34.1 Å². The van der Waals surface area contributed by atoms with Gasteiger partial charge in [-0.05, 0) is 33.3 Å². The van der Waals surface area contributed by atoms with E-state index in [1.807, 2.05) is 0 Å². The number of aryl methyl sites for hydroxylation is 2. The van der Waals surface area contributed by atoms with Crippen molar-refractivity contribution in [3.05, 3.63) is 32.1 Å². The Morgan fingerprint density at radius 1 is 1.26 bits per heavy atom. The summed E-state index contributed by atoms with van der Waals surface area (Å²) in [6, 6.07) is 0. The fraction of sp³-hybridized carbons (Fsp3) is 0.375. The Bertz CT molecular complexity index is 1080. The van der Waals surface area contributed by atoms with Crippen LogP contribution in [-0.2, 0) is 16.1 Å². The number of hydrogen-bond acceptors (Lipinski definition) is 9. The minimum atomic E-state index is -0.485. The molecule has 142 valence electrons. The summed E-state index contributed by atoms with van der Waals surface area (Å²) in [4.78, 5) is 42.1. The number of carbonyl (C=O) groups excluding carboxylic acids is 2. The molecule has 0 radical (unpaired) electrons. The number of fused-ring (bicyclic) bond motifs is 1. The summed E-state index contributed by atoms with van der Waals surface area (Å²) in [6.45, 7) is 6.74. The topological polar surface area (TPSA) is 116 Å². The molecule has 0 fully saturated rings. The standard InChI is InChI=1S/C16H17N5O4S2/c1-7(2)25-15(24)12-8(3)11-13(27-12)17-6-21(14(11)23)5-10(22)18-16-20-19-9(4)26-16/h6-7H,5H2,1-4H3,(H,18,20,22). The lowest BCUT2D eigenvalue weighted by Crippen LogP contribution is -2.27. The first-order valence-corrected chi connectivity index (χ1v) is 9.69. The van der Waals surface area contributed by atoms with Crippen LogP contribution in [0.5, 0.6) is 0 Å². The van der Waals surface area contributed by atoms with Crippen molar-refractivity contribution in [2.75, 3.05) is 5.32 Å². The molecule has 3 rings (SSSR count). The molecule has 9 nitrogen and oxygen atoms in total. The third kappa shape index (κ3) is 4.03. The average molecular weight is 407 g/mol. The fourth-order valence-electron chi connectivity index (χ4n) is 2.39. The minimum absolute atomic E-state index is 0.221. The smallest absolute Gasteiger partial charge is 0.348 e. The summed E-state index contributed by atoms with van der Waals surface area (Å²) in [5.74, 6) is -0.900. The number of aromatic nitrogens is 4. The third-order valence-corrected chi connectivity index (χ3v) is 5.47. The predicted octanol–water partition coefficient (Wildman–Crippen LogP) is 2.13. The van der Waals surface area contributed by atoms with E-state index in [0.717, 1.165) is 16.3 Å². The van der Waals surface area contributed by atoms with E-state index in [0.29, 0.717) is 25.8 Å². The summed E-state index contributed by atoms with van der Waals surface area (Å²) in [5, 5.41) is 11.6. The van der Waals surface area contributed by atoms with Gasteiger partial charge in [0.25, 0.3) is 5.56 Å². The van der Waals surface area contributed by atoms with Crippen LogP contribution < -0.4 is 10.9 Å². The zero-order valence-electron chi connectivity index (χ0n) is 15.1. The largest absolute Gasteiger partial charge is 0.459 e. The Kier molecular flexibility index (Phi) is 5.33. The van der Waals surface area contributed by atoms with Crippen LogP contribution in [0.4, 0.5) is 5.13 Å². The number of carbonyl (C=O) groups is 2. The van der Waals surface area contributed by atoms with Crippen molar-refractivity contribution in [1.82, 2.24) is 19.7 Å². The molecule has 3 heterocycles. The number of amides is 1. The maximum absolute atomic E-state index is 12.8. The second-order valence-electron chi connectivity index (χ2n) is 6.04. The molecule has 0 bridgehead atoms. The van der Waals surface area contributed by atoms with Gasteiger partial charge in [-0.15, -0.1) is 21.5 Å². The number of nitrogens with zero attached hydrogens (tertiary/aromatic N) is 4. The Morgan fingerprint density at radius 2 is 2.00 bits per heavy atom. The summed E-state index contributed by atoms with van der Waals surface area (Å²) >= 11 is 2.35. The van der Waals surface area contributed by atoms with Crippen molar-refractivity contribution in [3.8, 4) is 0 Å². The van der Waals surface area contributed by atoms with E-state index in [4.69, 9.17) is 4.74 Å². The molecule has 1 N–H and O–H groups in total. The SMILES string of the molecule is Cc1nnc(NC(=O)Cn2cnc3sc(C(=O)OC(C)C)c(C)c3c2=O)s1. The van der Waals surface area contributed by atoms with Crippen LogP contribution in [0.3, 0.4) is 0 Å². The number of anilines is 1. The van der Waals surface area contributed by atoms with Crippen LogP contribution >= 0.6 is 22.7 Å². The molecular formula is C16H17N5O4S2. The quantitative estimate of drug-likeness (QED) is 0.644. The second-order valence-corrected chi connectivity index (χ2v) is 8.22. The Morgan fingerprint density at radius 3 is 2.63 bits per heavy atom. The molecule has 0 unspecified atom stereocenters. The lowest BCUT2D eigenvalue weighted by atomic mass is 10.2. The number of hydrogen-bond donors (Lipinski definition) is 1. The highest BCUT2D eigenvalue weighted by Crippen LogP contribution is 2.27. The molecular weight excluding hydrogens is 390 g/mol. The van der Waals surface area contributed by atoms with Crippen LogP contribution in [0.25, 0.3) is 10.2 Å². The van der Waals surface area contributed by atoms with Gasteiger partial charge in [-0.2, -0.15) is 0 Å². The fourth-order valence-corrected chi connectivity index (χ4v) is 4.02. The van der Waals surface area contributed by atoms with Gasteiger partial charge in [0.15, 0.2) is 0 Å². The monoisotopic (exact) mass is 407 g/mol. The first-order valence-electron chi connectivity index (χ1n) is 8.05. The number of esters is 1. The number of ether oxygens (including phenoxy) is 1. The van der Waals surface area contributed by atoms with Crippen molar-refractivity contribution in [2.24, 2.45) is 0 Å². The van der Waals surface area contributed by atoms with Gasteiger partial charge in [-0.1, -0.05) is 11.3 Å². The Hall–Kier alpha value is -2.66. The number of rotatable bonds is 5. The molecule has 27 heavy (non-hydrogen) atoms. The molecule has 0 aliphatic heterocycles. The summed E-state index contributed by atoms with van der Waals surface area (Å²) in [6.07, 6.45) is 1.03. The first-order chi connectivity index (χ1) is 12.8. The van der Waals surface area contributed by atoms with Crippen molar-refractivity contribution in [2.45, 2.75) is 40.3 Å². The third-order valence-electron chi connectivity index (χ3n) is 3.53. The van der Waals surface area contributed by atoms with Crippen LogP contribution in [0, 0.1) is 13.8 Å². The van der Waals surface area contributed by atoms with Crippen LogP contribution in [0.15, 0.2) is 11.1 Å². The summed E-state index contributed by atoms with van der Waals surface area (Å²) in [7, 11) is 0. The zero-order valence-corrected chi connectivity index (χ0v) is 16.7. The van der Waals surface area contributed by atoms with Gasteiger partial charge in [0.1, 0.15) is 21.3 Å². The first kappa shape index (κ1) is 19.1.